The van der Waals surface area contributed by atoms with Gasteiger partial charge in [0.25, 0.3) is 0 Å². The van der Waals surface area contributed by atoms with Crippen LogP contribution in [0.5, 0.6) is 0 Å². The van der Waals surface area contributed by atoms with E-state index >= 15 is 0 Å². The van der Waals surface area contributed by atoms with E-state index in [0.29, 0.717) is 5.92 Å². The van der Waals surface area contributed by atoms with Crippen LogP contribution in [0.2, 0.25) is 0 Å². The smallest absolute Gasteiger partial charge is 0.0708 e. The van der Waals surface area contributed by atoms with Crippen molar-refractivity contribution in [1.29, 1.82) is 0 Å². The molecule has 0 spiro atoms. The van der Waals surface area contributed by atoms with Gasteiger partial charge in [0.2, 0.25) is 0 Å². The second-order valence-corrected chi connectivity index (χ2v) is 7.64. The number of aryl methyl sites for hydroxylation is 1. The van der Waals surface area contributed by atoms with E-state index in [1.165, 1.54) is 33.4 Å². The quantitative estimate of drug-likeness (QED) is 0.368. The number of benzene rings is 2. The Hall–Kier alpha value is -3.26. The molecule has 2 aromatic carbocycles. The predicted molar refractivity (Wildman–Crippen MR) is 122 cm³/mol. The van der Waals surface area contributed by atoms with Gasteiger partial charge < -0.3 is 0 Å². The van der Waals surface area contributed by atoms with Gasteiger partial charge in [-0.1, -0.05) is 75.4 Å². The number of nitrogens with zero attached hydrogens (tertiary/aromatic N) is 2. The average molecular weight is 379 g/mol. The van der Waals surface area contributed by atoms with Gasteiger partial charge in [0, 0.05) is 29.7 Å². The molecule has 0 aliphatic rings. The Kier molecular flexibility index (Phi) is 5.53. The summed E-state index contributed by atoms with van der Waals surface area (Å²) in [6.07, 6.45) is 6.82. The highest BCUT2D eigenvalue weighted by molar-refractivity contribution is 5.75. The van der Waals surface area contributed by atoms with Crippen molar-refractivity contribution in [2.45, 2.75) is 33.1 Å². The summed E-state index contributed by atoms with van der Waals surface area (Å²) < 4.78 is 0. The summed E-state index contributed by atoms with van der Waals surface area (Å²) in [5.41, 5.74) is 9.62. The molecule has 0 unspecified atom stereocenters. The van der Waals surface area contributed by atoms with Crippen LogP contribution in [0, 0.1) is 0 Å². The molecule has 2 nitrogen and oxygen atoms in total. The van der Waals surface area contributed by atoms with E-state index in [1.807, 2.05) is 18.6 Å². The van der Waals surface area contributed by atoms with E-state index in [9.17, 15) is 0 Å². The van der Waals surface area contributed by atoms with Crippen LogP contribution in [0.3, 0.4) is 0 Å². The van der Waals surface area contributed by atoms with Gasteiger partial charge in [0.1, 0.15) is 0 Å². The van der Waals surface area contributed by atoms with E-state index in [1.54, 1.807) is 0 Å². The second kappa shape index (κ2) is 8.40. The van der Waals surface area contributed by atoms with Crippen LogP contribution < -0.4 is 0 Å². The standard InChI is InChI=1S/C27H26N2/c1-4-20-17-29-27(16-25(20)21-8-6-5-7-9-21)23-12-10-22(11-13-23)26-18-28-15-14-24(26)19(2)3/h5-19H,4H2,1-3H3. The Labute approximate surface area is 173 Å². The summed E-state index contributed by atoms with van der Waals surface area (Å²) >= 11 is 0. The van der Waals surface area contributed by atoms with Crippen LogP contribution in [0.1, 0.15) is 37.8 Å². The third kappa shape index (κ3) is 3.97. The molecule has 2 heteroatoms. The first kappa shape index (κ1) is 19.1. The molecule has 0 N–H and O–H groups in total. The van der Waals surface area contributed by atoms with E-state index in [-0.39, 0.29) is 0 Å². The molecule has 0 atom stereocenters. The highest BCUT2D eigenvalue weighted by atomic mass is 14.7. The summed E-state index contributed by atoms with van der Waals surface area (Å²) in [6, 6.07) is 23.6. The Bertz CT molecular complexity index is 1100. The first-order valence-electron chi connectivity index (χ1n) is 10.3. The van der Waals surface area contributed by atoms with Gasteiger partial charge in [-0.15, -0.1) is 0 Å². The molecule has 144 valence electrons. The van der Waals surface area contributed by atoms with E-state index in [2.05, 4.69) is 92.5 Å². The maximum absolute atomic E-state index is 4.74. The van der Waals surface area contributed by atoms with E-state index in [4.69, 9.17) is 4.98 Å². The molecule has 0 aliphatic heterocycles. The van der Waals surface area contributed by atoms with Crippen LogP contribution in [0.4, 0.5) is 0 Å². The van der Waals surface area contributed by atoms with Crippen LogP contribution in [0.15, 0.2) is 85.3 Å². The molecule has 4 rings (SSSR count). The second-order valence-electron chi connectivity index (χ2n) is 7.64. The van der Waals surface area contributed by atoms with E-state index < -0.39 is 0 Å². The topological polar surface area (TPSA) is 25.8 Å². The van der Waals surface area contributed by atoms with E-state index in [0.717, 1.165) is 17.7 Å². The Morgan fingerprint density at radius 1 is 0.759 bits per heavy atom. The van der Waals surface area contributed by atoms with Crippen molar-refractivity contribution in [2.24, 2.45) is 0 Å². The van der Waals surface area contributed by atoms with Crippen LogP contribution in [0.25, 0.3) is 33.5 Å². The molecule has 0 radical (unpaired) electrons. The third-order valence-corrected chi connectivity index (χ3v) is 5.42. The Morgan fingerprint density at radius 3 is 2.14 bits per heavy atom. The fourth-order valence-corrected chi connectivity index (χ4v) is 3.78. The van der Waals surface area contributed by atoms with Gasteiger partial charge in [-0.25, -0.2) is 0 Å². The van der Waals surface area contributed by atoms with Crippen molar-refractivity contribution in [2.75, 3.05) is 0 Å². The van der Waals surface area contributed by atoms with Gasteiger partial charge in [0.15, 0.2) is 0 Å². The lowest BCUT2D eigenvalue weighted by Crippen LogP contribution is -1.94. The average Bonchev–Trinajstić information content (AvgIpc) is 2.79. The zero-order chi connectivity index (χ0) is 20.2. The molecule has 0 fully saturated rings. The zero-order valence-corrected chi connectivity index (χ0v) is 17.3. The van der Waals surface area contributed by atoms with Crippen LogP contribution >= 0.6 is 0 Å². The largest absolute Gasteiger partial charge is 0.264 e. The Morgan fingerprint density at radius 2 is 1.45 bits per heavy atom. The van der Waals surface area contributed by atoms with Gasteiger partial charge >= 0.3 is 0 Å². The number of hydrogen-bond acceptors (Lipinski definition) is 2. The first-order chi connectivity index (χ1) is 14.2. The monoisotopic (exact) mass is 378 g/mol. The summed E-state index contributed by atoms with van der Waals surface area (Å²) in [5.74, 6) is 0.462. The summed E-state index contributed by atoms with van der Waals surface area (Å²) in [5, 5.41) is 0. The SMILES string of the molecule is CCc1cnc(-c2ccc(-c3cnccc3C(C)C)cc2)cc1-c1ccccc1. The maximum atomic E-state index is 4.74. The van der Waals surface area contributed by atoms with Crippen molar-refractivity contribution >= 4 is 0 Å². The number of hydrogen-bond donors (Lipinski definition) is 0. The van der Waals surface area contributed by atoms with Gasteiger partial charge in [-0.2, -0.15) is 0 Å². The highest BCUT2D eigenvalue weighted by Crippen LogP contribution is 2.32. The van der Waals surface area contributed by atoms with Gasteiger partial charge in [-0.05, 0) is 52.3 Å². The molecular formula is C27H26N2. The minimum absolute atomic E-state index is 0.462. The highest BCUT2D eigenvalue weighted by Gasteiger charge is 2.11. The van der Waals surface area contributed by atoms with Crippen molar-refractivity contribution in [3.63, 3.8) is 0 Å². The molecule has 2 aromatic heterocycles. The van der Waals surface area contributed by atoms with Crippen LogP contribution in [-0.2, 0) is 6.42 Å². The molecule has 0 amide bonds. The fourth-order valence-electron chi connectivity index (χ4n) is 3.78. The molecule has 29 heavy (non-hydrogen) atoms. The summed E-state index contributed by atoms with van der Waals surface area (Å²) in [7, 11) is 0. The summed E-state index contributed by atoms with van der Waals surface area (Å²) in [6.45, 7) is 6.62. The number of rotatable bonds is 5. The van der Waals surface area contributed by atoms with Crippen molar-refractivity contribution in [3.05, 3.63) is 96.4 Å². The Balaban J connectivity index is 1.72. The minimum Gasteiger partial charge on any atom is -0.264 e. The van der Waals surface area contributed by atoms with Crippen molar-refractivity contribution in [1.82, 2.24) is 9.97 Å². The van der Waals surface area contributed by atoms with Gasteiger partial charge in [-0.3, -0.25) is 9.97 Å². The number of aromatic nitrogens is 2. The normalized spacial score (nSPS) is 11.0. The van der Waals surface area contributed by atoms with Gasteiger partial charge in [0.05, 0.1) is 5.69 Å². The zero-order valence-electron chi connectivity index (χ0n) is 17.3. The summed E-state index contributed by atoms with van der Waals surface area (Å²) in [4.78, 5) is 9.08. The lowest BCUT2D eigenvalue weighted by atomic mass is 9.93. The first-order valence-corrected chi connectivity index (χ1v) is 10.3. The lowest BCUT2D eigenvalue weighted by Gasteiger charge is -2.13. The molecule has 0 aliphatic carbocycles. The molecule has 0 saturated heterocycles. The lowest BCUT2D eigenvalue weighted by molar-refractivity contribution is 0.865. The third-order valence-electron chi connectivity index (χ3n) is 5.42. The molecule has 4 aromatic rings. The van der Waals surface area contributed by atoms with Crippen molar-refractivity contribution < 1.29 is 0 Å². The molecule has 0 saturated carbocycles. The predicted octanol–water partition coefficient (Wildman–Crippen LogP) is 7.16. The number of pyridine rings is 2. The molecule has 2 heterocycles. The fraction of sp³-hybridized carbons (Fsp3) is 0.185. The molecular weight excluding hydrogens is 352 g/mol. The maximum Gasteiger partial charge on any atom is 0.0708 e. The minimum atomic E-state index is 0.462. The van der Waals surface area contributed by atoms with Crippen LogP contribution in [-0.4, -0.2) is 9.97 Å². The van der Waals surface area contributed by atoms with Crippen molar-refractivity contribution in [3.8, 4) is 33.5 Å². The molecule has 0 bridgehead atoms.